The van der Waals surface area contributed by atoms with E-state index in [0.717, 1.165) is 5.56 Å². The van der Waals surface area contributed by atoms with Gasteiger partial charge in [0.05, 0.1) is 10.9 Å². The zero-order chi connectivity index (χ0) is 19.0. The lowest BCUT2D eigenvalue weighted by molar-refractivity contribution is -0.138. The number of carbonyl (C=O) groups excluding carboxylic acids is 2. The molecule has 0 saturated heterocycles. The average Bonchev–Trinajstić information content (AvgIpc) is 2.66. The zero-order valence-corrected chi connectivity index (χ0v) is 16.1. The maximum Gasteiger partial charge on any atom is 0.289 e. The quantitative estimate of drug-likeness (QED) is 0.413. The molecule has 27 heavy (non-hydrogen) atoms. The molecule has 146 valence electrons. The molecule has 1 atom stereocenters. The molecule has 1 amide bonds. The summed E-state index contributed by atoms with van der Waals surface area (Å²) in [6.07, 6.45) is 0.258. The number of halogens is 1. The number of carbonyl (C=O) groups is 2. The summed E-state index contributed by atoms with van der Waals surface area (Å²) in [6.45, 7) is -0.0567. The molecule has 2 aromatic carbocycles. The first kappa shape index (κ1) is 22.8. The average molecular weight is 412 g/mol. The molecule has 0 bridgehead atoms. The monoisotopic (exact) mass is 411 g/mol. The van der Waals surface area contributed by atoms with Crippen molar-refractivity contribution >= 4 is 34.1 Å². The SMILES string of the molecule is Cl.N[C@@H](Cc1ccccc1)C(=O)C(=O)NCCNS(=O)(=O)c1ccccc1. The molecule has 9 heteroatoms. The van der Waals surface area contributed by atoms with E-state index < -0.39 is 27.8 Å². The van der Waals surface area contributed by atoms with Crippen LogP contribution in [0.3, 0.4) is 0 Å². The van der Waals surface area contributed by atoms with Gasteiger partial charge < -0.3 is 11.1 Å². The van der Waals surface area contributed by atoms with Crippen LogP contribution in [0.5, 0.6) is 0 Å². The molecule has 7 nitrogen and oxygen atoms in total. The topological polar surface area (TPSA) is 118 Å². The molecule has 0 aliphatic heterocycles. The summed E-state index contributed by atoms with van der Waals surface area (Å²) in [4.78, 5) is 24.0. The number of hydrogen-bond acceptors (Lipinski definition) is 5. The van der Waals surface area contributed by atoms with Crippen LogP contribution in [0.4, 0.5) is 0 Å². The lowest BCUT2D eigenvalue weighted by Crippen LogP contribution is -2.45. The molecule has 2 rings (SSSR count). The fraction of sp³-hybridized carbons (Fsp3) is 0.222. The van der Waals surface area contributed by atoms with Crippen molar-refractivity contribution in [1.29, 1.82) is 0 Å². The minimum absolute atomic E-state index is 0. The Labute approximate surface area is 164 Å². The Bertz CT molecular complexity index is 845. The van der Waals surface area contributed by atoms with Gasteiger partial charge in [0, 0.05) is 13.1 Å². The first-order chi connectivity index (χ1) is 12.4. The molecular weight excluding hydrogens is 390 g/mol. The molecule has 4 N–H and O–H groups in total. The third-order valence-corrected chi connectivity index (χ3v) is 5.09. The van der Waals surface area contributed by atoms with E-state index in [1.165, 1.54) is 12.1 Å². The highest BCUT2D eigenvalue weighted by molar-refractivity contribution is 7.89. The summed E-state index contributed by atoms with van der Waals surface area (Å²) < 4.78 is 26.4. The molecule has 0 unspecified atom stereocenters. The van der Waals surface area contributed by atoms with Crippen LogP contribution in [-0.2, 0) is 26.0 Å². The van der Waals surface area contributed by atoms with E-state index in [1.807, 2.05) is 30.3 Å². The van der Waals surface area contributed by atoms with Crippen LogP contribution in [0.1, 0.15) is 5.56 Å². The molecule has 0 aromatic heterocycles. The van der Waals surface area contributed by atoms with E-state index in [9.17, 15) is 18.0 Å². The summed E-state index contributed by atoms with van der Waals surface area (Å²) in [6, 6.07) is 16.1. The van der Waals surface area contributed by atoms with Crippen LogP contribution < -0.4 is 15.8 Å². The number of hydrogen-bond donors (Lipinski definition) is 3. The van der Waals surface area contributed by atoms with Crippen molar-refractivity contribution in [3.8, 4) is 0 Å². The van der Waals surface area contributed by atoms with Gasteiger partial charge in [-0.25, -0.2) is 13.1 Å². The molecule has 0 heterocycles. The molecule has 0 aliphatic carbocycles. The smallest absolute Gasteiger partial charge is 0.289 e. The van der Waals surface area contributed by atoms with E-state index in [4.69, 9.17) is 5.73 Å². The number of amides is 1. The van der Waals surface area contributed by atoms with Gasteiger partial charge in [0.25, 0.3) is 5.91 Å². The molecule has 2 aromatic rings. The number of ketones is 1. The number of benzene rings is 2. The number of nitrogens with two attached hydrogens (primary N) is 1. The molecule has 0 spiro atoms. The van der Waals surface area contributed by atoms with E-state index in [0.29, 0.717) is 0 Å². The van der Waals surface area contributed by atoms with Crippen LogP contribution >= 0.6 is 12.4 Å². The Balaban J connectivity index is 0.00000364. The second-order valence-corrected chi connectivity index (χ2v) is 7.39. The third kappa shape index (κ3) is 7.10. The highest BCUT2D eigenvalue weighted by atomic mass is 35.5. The van der Waals surface area contributed by atoms with Gasteiger partial charge in [0.15, 0.2) is 0 Å². The van der Waals surface area contributed by atoms with Crippen molar-refractivity contribution in [2.45, 2.75) is 17.4 Å². The van der Waals surface area contributed by atoms with Crippen molar-refractivity contribution in [3.63, 3.8) is 0 Å². The Hall–Kier alpha value is -2.26. The van der Waals surface area contributed by atoms with Gasteiger partial charge in [-0.3, -0.25) is 9.59 Å². The molecule has 0 fully saturated rings. The Morgan fingerprint density at radius 2 is 1.48 bits per heavy atom. The van der Waals surface area contributed by atoms with Crippen LogP contribution in [0, 0.1) is 0 Å². The maximum atomic E-state index is 12.0. The minimum atomic E-state index is -3.65. The van der Waals surface area contributed by atoms with Gasteiger partial charge in [-0.1, -0.05) is 48.5 Å². The van der Waals surface area contributed by atoms with Crippen molar-refractivity contribution in [2.24, 2.45) is 5.73 Å². The lowest BCUT2D eigenvalue weighted by Gasteiger charge is -2.11. The summed E-state index contributed by atoms with van der Waals surface area (Å²) in [7, 11) is -3.65. The largest absolute Gasteiger partial charge is 0.348 e. The lowest BCUT2D eigenvalue weighted by atomic mass is 10.0. The molecule has 0 aliphatic rings. The van der Waals surface area contributed by atoms with Crippen molar-refractivity contribution in [2.75, 3.05) is 13.1 Å². The second kappa shape index (κ2) is 10.8. The van der Waals surface area contributed by atoms with Gasteiger partial charge in [-0.05, 0) is 24.1 Å². The van der Waals surface area contributed by atoms with E-state index in [-0.39, 0.29) is 36.8 Å². The van der Waals surface area contributed by atoms with Crippen LogP contribution in [-0.4, -0.2) is 39.2 Å². The van der Waals surface area contributed by atoms with Crippen LogP contribution in [0.15, 0.2) is 65.6 Å². The van der Waals surface area contributed by atoms with Gasteiger partial charge in [-0.2, -0.15) is 0 Å². The van der Waals surface area contributed by atoms with Crippen molar-refractivity contribution in [3.05, 3.63) is 66.2 Å². The van der Waals surface area contributed by atoms with Gasteiger partial charge in [-0.15, -0.1) is 12.4 Å². The van der Waals surface area contributed by atoms with E-state index in [2.05, 4.69) is 10.0 Å². The molecule has 0 saturated carbocycles. The third-order valence-electron chi connectivity index (χ3n) is 3.62. The molecule has 0 radical (unpaired) electrons. The fourth-order valence-electron chi connectivity index (χ4n) is 2.26. The number of nitrogens with one attached hydrogen (secondary N) is 2. The minimum Gasteiger partial charge on any atom is -0.348 e. The van der Waals surface area contributed by atoms with Crippen molar-refractivity contribution < 1.29 is 18.0 Å². The number of sulfonamides is 1. The molecular formula is C18H22ClN3O4S. The normalized spacial score (nSPS) is 11.9. The predicted molar refractivity (Wildman–Crippen MR) is 105 cm³/mol. The predicted octanol–water partition coefficient (Wildman–Crippen LogP) is 0.642. The first-order valence-electron chi connectivity index (χ1n) is 8.06. The number of rotatable bonds is 9. The van der Waals surface area contributed by atoms with E-state index in [1.54, 1.807) is 18.2 Å². The summed E-state index contributed by atoms with van der Waals surface area (Å²) >= 11 is 0. The highest BCUT2D eigenvalue weighted by Crippen LogP contribution is 2.06. The zero-order valence-electron chi connectivity index (χ0n) is 14.5. The fourth-order valence-corrected chi connectivity index (χ4v) is 3.31. The first-order valence-corrected chi connectivity index (χ1v) is 9.55. The van der Waals surface area contributed by atoms with Gasteiger partial charge in [0.2, 0.25) is 15.8 Å². The Morgan fingerprint density at radius 1 is 0.926 bits per heavy atom. The maximum absolute atomic E-state index is 12.0. The highest BCUT2D eigenvalue weighted by Gasteiger charge is 2.22. The summed E-state index contributed by atoms with van der Waals surface area (Å²) in [5.41, 5.74) is 6.64. The van der Waals surface area contributed by atoms with Crippen molar-refractivity contribution in [1.82, 2.24) is 10.0 Å². The van der Waals surface area contributed by atoms with Crippen LogP contribution in [0.25, 0.3) is 0 Å². The van der Waals surface area contributed by atoms with Crippen LogP contribution in [0.2, 0.25) is 0 Å². The van der Waals surface area contributed by atoms with E-state index >= 15 is 0 Å². The number of Topliss-reactive ketones (excluding diaryl/α,β-unsaturated/α-hetero) is 1. The Morgan fingerprint density at radius 3 is 2.07 bits per heavy atom. The summed E-state index contributed by atoms with van der Waals surface area (Å²) in [5.74, 6) is -1.56. The Kier molecular flexibility index (Phi) is 9.10. The standard InChI is InChI=1S/C18H21N3O4S.ClH/c19-16(13-14-7-3-1-4-8-14)17(22)18(23)20-11-12-21-26(24,25)15-9-5-2-6-10-15;/h1-10,16,21H,11-13,19H2,(H,20,23);1H/t16-;/m0./s1. The van der Waals surface area contributed by atoms with Gasteiger partial charge >= 0.3 is 0 Å². The van der Waals surface area contributed by atoms with Gasteiger partial charge in [0.1, 0.15) is 0 Å². The second-order valence-electron chi connectivity index (χ2n) is 5.63. The summed E-state index contributed by atoms with van der Waals surface area (Å²) in [5, 5.41) is 2.38.